The second-order valence-electron chi connectivity index (χ2n) is 6.38. The standard InChI is InChI=1S/C20H19FIN3O3/c1-12-10-15(22)8-9-18(12)24(13(2)26)11-19-25(14(3)27)23-20(28-19)16-6-4-5-7-17(16)21/h4-10,19H,11H2,1-3H3/t19-/m0/s1. The highest BCUT2D eigenvalue weighted by Gasteiger charge is 2.35. The number of aryl methyl sites for hydroxylation is 1. The van der Waals surface area contributed by atoms with Gasteiger partial charge in [0.15, 0.2) is 0 Å². The number of carbonyl (C=O) groups is 2. The zero-order valence-corrected chi connectivity index (χ0v) is 17.8. The van der Waals surface area contributed by atoms with E-state index in [1.807, 2.05) is 25.1 Å². The fraction of sp³-hybridized carbons (Fsp3) is 0.250. The lowest BCUT2D eigenvalue weighted by Crippen LogP contribution is -2.44. The molecular weight excluding hydrogens is 476 g/mol. The van der Waals surface area contributed by atoms with Gasteiger partial charge in [-0.1, -0.05) is 12.1 Å². The van der Waals surface area contributed by atoms with E-state index < -0.39 is 12.0 Å². The molecule has 0 N–H and O–H groups in total. The molecule has 0 aromatic heterocycles. The molecule has 0 aliphatic carbocycles. The van der Waals surface area contributed by atoms with Gasteiger partial charge in [0, 0.05) is 23.1 Å². The maximum atomic E-state index is 14.1. The van der Waals surface area contributed by atoms with Crippen molar-refractivity contribution in [1.29, 1.82) is 0 Å². The van der Waals surface area contributed by atoms with Gasteiger partial charge in [-0.2, -0.15) is 5.01 Å². The van der Waals surface area contributed by atoms with E-state index in [4.69, 9.17) is 4.74 Å². The summed E-state index contributed by atoms with van der Waals surface area (Å²) in [5.74, 6) is -1.04. The maximum absolute atomic E-state index is 14.1. The number of anilines is 1. The van der Waals surface area contributed by atoms with E-state index in [2.05, 4.69) is 27.7 Å². The number of benzene rings is 2. The van der Waals surface area contributed by atoms with E-state index in [1.54, 1.807) is 12.1 Å². The highest BCUT2D eigenvalue weighted by atomic mass is 127. The summed E-state index contributed by atoms with van der Waals surface area (Å²) in [6.07, 6.45) is -0.852. The minimum atomic E-state index is -0.852. The largest absolute Gasteiger partial charge is 0.448 e. The molecule has 0 saturated heterocycles. The average molecular weight is 495 g/mol. The van der Waals surface area contributed by atoms with Crippen molar-refractivity contribution in [3.8, 4) is 0 Å². The van der Waals surface area contributed by atoms with Gasteiger partial charge in [0.05, 0.1) is 12.1 Å². The van der Waals surface area contributed by atoms with Crippen LogP contribution in [0.4, 0.5) is 10.1 Å². The Morgan fingerprint density at radius 3 is 2.57 bits per heavy atom. The third-order valence-corrected chi connectivity index (χ3v) is 4.99. The number of halogens is 2. The van der Waals surface area contributed by atoms with Gasteiger partial charge in [0.1, 0.15) is 5.82 Å². The topological polar surface area (TPSA) is 62.2 Å². The first-order chi connectivity index (χ1) is 13.3. The van der Waals surface area contributed by atoms with Crippen LogP contribution in [-0.2, 0) is 14.3 Å². The van der Waals surface area contributed by atoms with Crippen molar-refractivity contribution < 1.29 is 18.7 Å². The summed E-state index contributed by atoms with van der Waals surface area (Å²) >= 11 is 2.20. The maximum Gasteiger partial charge on any atom is 0.243 e. The number of carbonyl (C=O) groups excluding carboxylic acids is 2. The van der Waals surface area contributed by atoms with Gasteiger partial charge in [-0.3, -0.25) is 9.59 Å². The quantitative estimate of drug-likeness (QED) is 0.609. The minimum absolute atomic E-state index is 0.0149. The van der Waals surface area contributed by atoms with Crippen molar-refractivity contribution >= 4 is 46.0 Å². The number of amides is 2. The molecule has 0 fully saturated rings. The molecule has 3 rings (SSSR count). The molecule has 0 radical (unpaired) electrons. The zero-order valence-electron chi connectivity index (χ0n) is 15.6. The Morgan fingerprint density at radius 2 is 1.96 bits per heavy atom. The van der Waals surface area contributed by atoms with Crippen LogP contribution in [0, 0.1) is 16.3 Å². The van der Waals surface area contributed by atoms with Crippen LogP contribution < -0.4 is 4.90 Å². The van der Waals surface area contributed by atoms with Crippen LogP contribution in [0.5, 0.6) is 0 Å². The molecule has 6 nitrogen and oxygen atoms in total. The van der Waals surface area contributed by atoms with E-state index in [0.717, 1.165) is 19.8 Å². The smallest absolute Gasteiger partial charge is 0.243 e. The van der Waals surface area contributed by atoms with Gasteiger partial charge >= 0.3 is 0 Å². The Morgan fingerprint density at radius 1 is 1.25 bits per heavy atom. The summed E-state index contributed by atoms with van der Waals surface area (Å²) in [4.78, 5) is 25.9. The van der Waals surface area contributed by atoms with Crippen molar-refractivity contribution in [1.82, 2.24) is 5.01 Å². The number of hydrogen-bond donors (Lipinski definition) is 0. The molecule has 1 aliphatic heterocycles. The summed E-state index contributed by atoms with van der Waals surface area (Å²) < 4.78 is 21.0. The molecule has 1 heterocycles. The zero-order chi connectivity index (χ0) is 20.4. The first-order valence-electron chi connectivity index (χ1n) is 8.62. The second-order valence-corrected chi connectivity index (χ2v) is 7.63. The molecule has 0 unspecified atom stereocenters. The normalized spacial score (nSPS) is 15.8. The Kier molecular flexibility index (Phi) is 5.97. The van der Waals surface area contributed by atoms with Crippen molar-refractivity contribution in [2.45, 2.75) is 27.0 Å². The molecule has 0 spiro atoms. The highest BCUT2D eigenvalue weighted by molar-refractivity contribution is 14.1. The summed E-state index contributed by atoms with van der Waals surface area (Å²) in [7, 11) is 0. The van der Waals surface area contributed by atoms with E-state index in [-0.39, 0.29) is 29.8 Å². The van der Waals surface area contributed by atoms with Gasteiger partial charge in [0.2, 0.25) is 23.9 Å². The average Bonchev–Trinajstić information content (AvgIpc) is 3.04. The molecule has 28 heavy (non-hydrogen) atoms. The summed E-state index contributed by atoms with van der Waals surface area (Å²) in [5, 5.41) is 5.28. The summed E-state index contributed by atoms with van der Waals surface area (Å²) in [5.41, 5.74) is 1.81. The van der Waals surface area contributed by atoms with Gasteiger partial charge in [-0.05, 0) is 65.4 Å². The van der Waals surface area contributed by atoms with E-state index in [1.165, 1.54) is 30.9 Å². The van der Waals surface area contributed by atoms with E-state index in [0.29, 0.717) is 0 Å². The molecule has 146 valence electrons. The van der Waals surface area contributed by atoms with Gasteiger partial charge in [-0.25, -0.2) is 4.39 Å². The fourth-order valence-electron chi connectivity index (χ4n) is 2.98. The molecule has 1 aliphatic rings. The summed E-state index contributed by atoms with van der Waals surface area (Å²) in [6.45, 7) is 4.77. The Hall–Kier alpha value is -2.49. The Bertz CT molecular complexity index is 963. The third-order valence-electron chi connectivity index (χ3n) is 4.31. The van der Waals surface area contributed by atoms with Crippen LogP contribution >= 0.6 is 22.6 Å². The second kappa shape index (κ2) is 8.26. The lowest BCUT2D eigenvalue weighted by molar-refractivity contribution is -0.135. The van der Waals surface area contributed by atoms with Crippen LogP contribution in [0.3, 0.4) is 0 Å². The van der Waals surface area contributed by atoms with Crippen molar-refractivity contribution in [3.63, 3.8) is 0 Å². The van der Waals surface area contributed by atoms with Crippen LogP contribution in [0.25, 0.3) is 0 Å². The molecule has 2 aromatic carbocycles. The van der Waals surface area contributed by atoms with E-state index in [9.17, 15) is 14.0 Å². The summed E-state index contributed by atoms with van der Waals surface area (Å²) in [6, 6.07) is 11.8. The number of hydrazone groups is 1. The molecule has 0 saturated carbocycles. The van der Waals surface area contributed by atoms with E-state index >= 15 is 0 Å². The number of rotatable bonds is 4. The Balaban J connectivity index is 1.90. The van der Waals surface area contributed by atoms with Gasteiger partial charge in [0.25, 0.3) is 0 Å². The van der Waals surface area contributed by atoms with Crippen LogP contribution in [0.15, 0.2) is 47.6 Å². The van der Waals surface area contributed by atoms with Crippen molar-refractivity contribution in [3.05, 3.63) is 63.0 Å². The number of hydrogen-bond acceptors (Lipinski definition) is 4. The van der Waals surface area contributed by atoms with Gasteiger partial charge in [-0.15, -0.1) is 5.10 Å². The molecule has 8 heteroatoms. The van der Waals surface area contributed by atoms with Crippen molar-refractivity contribution in [2.24, 2.45) is 5.10 Å². The van der Waals surface area contributed by atoms with Crippen LogP contribution in [-0.4, -0.2) is 35.5 Å². The third kappa shape index (κ3) is 4.16. The minimum Gasteiger partial charge on any atom is -0.448 e. The Labute approximate surface area is 176 Å². The predicted molar refractivity (Wildman–Crippen MR) is 112 cm³/mol. The molecule has 2 amide bonds. The lowest BCUT2D eigenvalue weighted by Gasteiger charge is -2.28. The van der Waals surface area contributed by atoms with Crippen LogP contribution in [0.1, 0.15) is 25.0 Å². The first kappa shape index (κ1) is 20.2. The van der Waals surface area contributed by atoms with Crippen molar-refractivity contribution in [2.75, 3.05) is 11.4 Å². The fourth-order valence-corrected chi connectivity index (χ4v) is 3.63. The molecule has 1 atom stereocenters. The number of nitrogens with zero attached hydrogens (tertiary/aromatic N) is 3. The SMILES string of the molecule is CC(=O)N(C[C@@H]1OC(c2ccccc2F)=NN1C(C)=O)c1ccc(I)cc1C. The monoisotopic (exact) mass is 495 g/mol. The molecular formula is C20H19FIN3O3. The lowest BCUT2D eigenvalue weighted by atomic mass is 10.1. The first-order valence-corrected chi connectivity index (χ1v) is 9.70. The predicted octanol–water partition coefficient (Wildman–Crippen LogP) is 3.66. The highest BCUT2D eigenvalue weighted by Crippen LogP contribution is 2.26. The number of ether oxygens (including phenoxy) is 1. The molecule has 2 aromatic rings. The molecule has 0 bridgehead atoms. The van der Waals surface area contributed by atoms with Crippen LogP contribution in [0.2, 0.25) is 0 Å². The van der Waals surface area contributed by atoms with Gasteiger partial charge < -0.3 is 9.64 Å².